The van der Waals surface area contributed by atoms with Crippen molar-refractivity contribution in [2.45, 2.75) is 26.1 Å². The summed E-state index contributed by atoms with van der Waals surface area (Å²) in [5.74, 6) is 0.528. The minimum absolute atomic E-state index is 0.192. The summed E-state index contributed by atoms with van der Waals surface area (Å²) in [6.45, 7) is 3.44. The van der Waals surface area contributed by atoms with Crippen LogP contribution < -0.4 is 10.6 Å². The monoisotopic (exact) mass is 389 g/mol. The molecular formula is C19H18F3N5O. The Bertz CT molecular complexity index is 1040. The Balaban J connectivity index is 2.00. The molecule has 0 saturated heterocycles. The van der Waals surface area contributed by atoms with Gasteiger partial charge < -0.3 is 10.6 Å². The molecule has 1 atom stereocenters. The second-order valence-electron chi connectivity index (χ2n) is 6.27. The highest BCUT2D eigenvalue weighted by atomic mass is 19.4. The van der Waals surface area contributed by atoms with E-state index < -0.39 is 17.8 Å². The van der Waals surface area contributed by atoms with Crippen LogP contribution in [0, 0.1) is 6.92 Å². The number of fused-ring (bicyclic) bond motifs is 1. The van der Waals surface area contributed by atoms with Crippen molar-refractivity contribution in [2.75, 3.05) is 12.4 Å². The molecule has 28 heavy (non-hydrogen) atoms. The minimum atomic E-state index is -4.41. The lowest BCUT2D eigenvalue weighted by atomic mass is 10.0. The molecule has 2 N–H and O–H groups in total. The van der Waals surface area contributed by atoms with Crippen LogP contribution in [-0.4, -0.2) is 27.9 Å². The Morgan fingerprint density at radius 3 is 2.61 bits per heavy atom. The predicted octanol–water partition coefficient (Wildman–Crippen LogP) is 3.88. The fourth-order valence-corrected chi connectivity index (χ4v) is 2.78. The Morgan fingerprint density at radius 1 is 1.18 bits per heavy atom. The van der Waals surface area contributed by atoms with Crippen LogP contribution in [0.2, 0.25) is 0 Å². The van der Waals surface area contributed by atoms with Crippen LogP contribution in [0.15, 0.2) is 36.5 Å². The number of amides is 1. The molecule has 3 aromatic rings. The largest absolute Gasteiger partial charge is 0.416 e. The molecule has 2 aromatic heterocycles. The first-order valence-electron chi connectivity index (χ1n) is 8.49. The van der Waals surface area contributed by atoms with Gasteiger partial charge in [-0.15, -0.1) is 0 Å². The molecule has 6 nitrogen and oxygen atoms in total. The number of halogens is 3. The van der Waals surface area contributed by atoms with Gasteiger partial charge in [0.1, 0.15) is 17.3 Å². The first-order chi connectivity index (χ1) is 13.2. The van der Waals surface area contributed by atoms with Crippen molar-refractivity contribution in [1.82, 2.24) is 20.3 Å². The van der Waals surface area contributed by atoms with Crippen molar-refractivity contribution in [3.8, 4) is 0 Å². The zero-order valence-electron chi connectivity index (χ0n) is 15.4. The van der Waals surface area contributed by atoms with Crippen molar-refractivity contribution in [3.05, 3.63) is 59.2 Å². The number of hydrogen-bond acceptors (Lipinski definition) is 5. The van der Waals surface area contributed by atoms with Gasteiger partial charge in [-0.2, -0.15) is 13.2 Å². The highest BCUT2D eigenvalue weighted by Crippen LogP contribution is 2.32. The molecule has 0 saturated carbocycles. The van der Waals surface area contributed by atoms with Gasteiger partial charge >= 0.3 is 6.18 Å². The second-order valence-corrected chi connectivity index (χ2v) is 6.27. The first-order valence-corrected chi connectivity index (χ1v) is 8.49. The summed E-state index contributed by atoms with van der Waals surface area (Å²) in [5, 5.41) is 6.18. The molecule has 3 rings (SSSR count). The highest BCUT2D eigenvalue weighted by molar-refractivity contribution is 5.98. The molecule has 0 aliphatic carbocycles. The number of anilines is 1. The molecule has 9 heteroatoms. The van der Waals surface area contributed by atoms with Crippen LogP contribution >= 0.6 is 0 Å². The topological polar surface area (TPSA) is 79.8 Å². The lowest BCUT2D eigenvalue weighted by Crippen LogP contribution is -2.19. The lowest BCUT2D eigenvalue weighted by molar-refractivity contribution is -0.137. The molecular weight excluding hydrogens is 371 g/mol. The van der Waals surface area contributed by atoms with Gasteiger partial charge in [0.2, 0.25) is 0 Å². The number of rotatable bonds is 4. The maximum absolute atomic E-state index is 13.0. The molecule has 146 valence electrons. The average molecular weight is 389 g/mol. The smallest absolute Gasteiger partial charge is 0.363 e. The number of carbonyl (C=O) groups excluding carboxylic acids is 1. The molecule has 0 bridgehead atoms. The van der Waals surface area contributed by atoms with Gasteiger partial charge in [0.25, 0.3) is 5.91 Å². The maximum atomic E-state index is 13.0. The molecule has 0 aliphatic rings. The summed E-state index contributed by atoms with van der Waals surface area (Å²) in [7, 11) is 1.49. The summed E-state index contributed by atoms with van der Waals surface area (Å²) in [5.41, 5.74) is 0.462. The van der Waals surface area contributed by atoms with Crippen molar-refractivity contribution < 1.29 is 18.0 Å². The number of benzene rings is 1. The highest BCUT2D eigenvalue weighted by Gasteiger charge is 2.30. The number of aryl methyl sites for hydroxylation is 1. The van der Waals surface area contributed by atoms with Crippen LogP contribution in [-0.2, 0) is 6.18 Å². The van der Waals surface area contributed by atoms with E-state index in [9.17, 15) is 18.0 Å². The molecule has 0 radical (unpaired) electrons. The number of alkyl halides is 3. The van der Waals surface area contributed by atoms with Crippen LogP contribution in [0.1, 0.15) is 40.4 Å². The number of nitrogens with zero attached hydrogens (tertiary/aromatic N) is 3. The summed E-state index contributed by atoms with van der Waals surface area (Å²) in [6.07, 6.45) is -2.95. The number of pyridine rings is 1. The minimum Gasteiger partial charge on any atom is -0.363 e. The Morgan fingerprint density at radius 2 is 1.93 bits per heavy atom. The van der Waals surface area contributed by atoms with Crippen molar-refractivity contribution in [2.24, 2.45) is 0 Å². The van der Waals surface area contributed by atoms with E-state index in [0.717, 1.165) is 12.1 Å². The van der Waals surface area contributed by atoms with E-state index in [1.54, 1.807) is 26.0 Å². The molecule has 0 unspecified atom stereocenters. The Hall–Kier alpha value is -3.23. The van der Waals surface area contributed by atoms with Crippen LogP contribution in [0.25, 0.3) is 10.9 Å². The van der Waals surface area contributed by atoms with Crippen LogP contribution in [0.5, 0.6) is 0 Å². The number of carbonyl (C=O) groups is 1. The Labute approximate surface area is 159 Å². The molecule has 1 aromatic carbocycles. The zero-order chi connectivity index (χ0) is 20.5. The number of aromatic nitrogens is 3. The van der Waals surface area contributed by atoms with E-state index in [0.29, 0.717) is 28.1 Å². The van der Waals surface area contributed by atoms with E-state index in [2.05, 4.69) is 25.6 Å². The van der Waals surface area contributed by atoms with Gasteiger partial charge in [-0.25, -0.2) is 15.0 Å². The third-order valence-electron chi connectivity index (χ3n) is 4.22. The number of nitrogens with one attached hydrogen (secondary N) is 2. The SMILES string of the molecule is CNC(=O)c1cc2c(N[C@H](C)c3cccc(C(F)(F)F)c3)nc(C)nc2cn1. The third-order valence-corrected chi connectivity index (χ3v) is 4.22. The van der Waals surface area contributed by atoms with Crippen molar-refractivity contribution in [1.29, 1.82) is 0 Å². The maximum Gasteiger partial charge on any atom is 0.416 e. The predicted molar refractivity (Wildman–Crippen MR) is 98.9 cm³/mol. The van der Waals surface area contributed by atoms with Gasteiger partial charge in [0, 0.05) is 18.5 Å². The number of hydrogen-bond donors (Lipinski definition) is 2. The van der Waals surface area contributed by atoms with Gasteiger partial charge in [-0.3, -0.25) is 4.79 Å². The fraction of sp³-hybridized carbons (Fsp3) is 0.263. The average Bonchev–Trinajstić information content (AvgIpc) is 2.66. The van der Waals surface area contributed by atoms with E-state index in [-0.39, 0.29) is 11.6 Å². The molecule has 2 heterocycles. The normalized spacial score (nSPS) is 12.6. The molecule has 0 fully saturated rings. The van der Waals surface area contributed by atoms with Crippen LogP contribution in [0.4, 0.5) is 19.0 Å². The van der Waals surface area contributed by atoms with E-state index >= 15 is 0 Å². The van der Waals surface area contributed by atoms with E-state index in [1.165, 1.54) is 19.3 Å². The summed E-state index contributed by atoms with van der Waals surface area (Å²) >= 11 is 0. The summed E-state index contributed by atoms with van der Waals surface area (Å²) < 4.78 is 39.0. The van der Waals surface area contributed by atoms with Crippen LogP contribution in [0.3, 0.4) is 0 Å². The lowest BCUT2D eigenvalue weighted by Gasteiger charge is -2.18. The fourth-order valence-electron chi connectivity index (χ4n) is 2.78. The van der Waals surface area contributed by atoms with Gasteiger partial charge in [0.05, 0.1) is 17.3 Å². The van der Waals surface area contributed by atoms with E-state index in [1.807, 2.05) is 0 Å². The van der Waals surface area contributed by atoms with Crippen molar-refractivity contribution >= 4 is 22.6 Å². The molecule has 0 aliphatic heterocycles. The van der Waals surface area contributed by atoms with Gasteiger partial charge in [-0.05, 0) is 37.6 Å². The summed E-state index contributed by atoms with van der Waals surface area (Å²) in [6, 6.07) is 6.20. The summed E-state index contributed by atoms with van der Waals surface area (Å²) in [4.78, 5) is 24.6. The zero-order valence-corrected chi connectivity index (χ0v) is 15.4. The van der Waals surface area contributed by atoms with Crippen molar-refractivity contribution in [3.63, 3.8) is 0 Å². The molecule has 1 amide bonds. The second kappa shape index (κ2) is 7.41. The van der Waals surface area contributed by atoms with Gasteiger partial charge in [-0.1, -0.05) is 12.1 Å². The molecule has 0 spiro atoms. The van der Waals surface area contributed by atoms with Gasteiger partial charge in [0.15, 0.2) is 0 Å². The third kappa shape index (κ3) is 4.03. The Kier molecular flexibility index (Phi) is 5.17. The first kappa shape index (κ1) is 19.5. The quantitative estimate of drug-likeness (QED) is 0.708. The van der Waals surface area contributed by atoms with E-state index in [4.69, 9.17) is 0 Å². The standard InChI is InChI=1S/C19H18F3N5O/c1-10(12-5-4-6-13(7-12)19(20,21)22)25-17-14-8-15(18(28)23-3)24-9-16(14)26-11(2)27-17/h4-10H,1-3H3,(H,23,28)(H,25,26,27)/t10-/m1/s1.